The summed E-state index contributed by atoms with van der Waals surface area (Å²) in [6, 6.07) is 10.0. The zero-order valence-corrected chi connectivity index (χ0v) is 16.1. The monoisotopic (exact) mass is 389 g/mol. The molecule has 0 saturated carbocycles. The molecule has 150 valence electrons. The van der Waals surface area contributed by atoms with Crippen LogP contribution in [0, 0.1) is 10.1 Å². The van der Waals surface area contributed by atoms with Crippen molar-refractivity contribution in [2.24, 2.45) is 0 Å². The highest BCUT2D eigenvalue weighted by atomic mass is 19.1. The van der Waals surface area contributed by atoms with E-state index >= 15 is 0 Å². The van der Waals surface area contributed by atoms with Crippen molar-refractivity contribution in [3.8, 4) is 0 Å². The van der Waals surface area contributed by atoms with Crippen LogP contribution in [0.5, 0.6) is 0 Å². The second kappa shape index (κ2) is 7.97. The number of rotatable bonds is 5. The fourth-order valence-corrected chi connectivity index (χ4v) is 2.88. The van der Waals surface area contributed by atoms with Crippen molar-refractivity contribution in [1.82, 2.24) is 4.98 Å². The van der Waals surface area contributed by atoms with Crippen molar-refractivity contribution < 1.29 is 14.1 Å². The number of aromatic nitrogens is 1. The third-order valence-corrected chi connectivity index (χ3v) is 4.11. The summed E-state index contributed by atoms with van der Waals surface area (Å²) in [5, 5.41) is 17.5. The van der Waals surface area contributed by atoms with Crippen LogP contribution in [0.25, 0.3) is 0 Å². The van der Waals surface area contributed by atoms with Crippen LogP contribution < -0.4 is 15.5 Å². The molecule has 1 fully saturated rings. The van der Waals surface area contributed by atoms with Crippen molar-refractivity contribution in [1.29, 1.82) is 0 Å². The first-order chi connectivity index (χ1) is 13.2. The van der Waals surface area contributed by atoms with Gasteiger partial charge in [0.15, 0.2) is 6.30 Å². The highest BCUT2D eigenvalue weighted by Crippen LogP contribution is 2.29. The van der Waals surface area contributed by atoms with Gasteiger partial charge in [-0.2, -0.15) is 0 Å². The van der Waals surface area contributed by atoms with Crippen molar-refractivity contribution in [3.63, 3.8) is 0 Å². The molecule has 3 rings (SSSR count). The van der Waals surface area contributed by atoms with Gasteiger partial charge in [-0.3, -0.25) is 10.1 Å². The van der Waals surface area contributed by atoms with E-state index in [1.165, 1.54) is 6.07 Å². The van der Waals surface area contributed by atoms with Crippen LogP contribution in [-0.2, 0) is 4.74 Å². The lowest BCUT2D eigenvalue weighted by molar-refractivity contribution is -0.384. The van der Waals surface area contributed by atoms with Crippen LogP contribution in [-0.4, -0.2) is 41.5 Å². The van der Waals surface area contributed by atoms with Gasteiger partial charge >= 0.3 is 5.69 Å². The Morgan fingerprint density at radius 2 is 1.96 bits per heavy atom. The SMILES string of the molecule is CC(C)(C)Nc1ccc([N+](=O)[O-])c(Nc2ccc(N3CCOCC3F)cc2)n1. The van der Waals surface area contributed by atoms with Crippen LogP contribution in [0.2, 0.25) is 0 Å². The molecule has 0 radical (unpaired) electrons. The van der Waals surface area contributed by atoms with Crippen LogP contribution in [0.3, 0.4) is 0 Å². The molecule has 1 aromatic carbocycles. The van der Waals surface area contributed by atoms with Gasteiger partial charge < -0.3 is 20.3 Å². The fourth-order valence-electron chi connectivity index (χ4n) is 2.88. The summed E-state index contributed by atoms with van der Waals surface area (Å²) in [6.45, 7) is 6.93. The third kappa shape index (κ3) is 4.86. The van der Waals surface area contributed by atoms with Gasteiger partial charge in [-0.25, -0.2) is 9.37 Å². The van der Waals surface area contributed by atoms with E-state index < -0.39 is 11.2 Å². The molecule has 0 amide bonds. The number of nitrogens with zero attached hydrogens (tertiary/aromatic N) is 3. The van der Waals surface area contributed by atoms with E-state index in [0.29, 0.717) is 24.7 Å². The zero-order valence-electron chi connectivity index (χ0n) is 16.1. The number of alkyl halides is 1. The van der Waals surface area contributed by atoms with Gasteiger partial charge in [0.05, 0.1) is 18.1 Å². The van der Waals surface area contributed by atoms with Gasteiger partial charge in [-0.05, 0) is 51.1 Å². The van der Waals surface area contributed by atoms with E-state index in [9.17, 15) is 14.5 Å². The predicted molar refractivity (Wildman–Crippen MR) is 107 cm³/mol. The number of morpholine rings is 1. The number of benzene rings is 1. The Morgan fingerprint density at radius 1 is 1.25 bits per heavy atom. The average molecular weight is 389 g/mol. The number of nitrogens with one attached hydrogen (secondary N) is 2. The lowest BCUT2D eigenvalue weighted by Crippen LogP contribution is -2.42. The zero-order chi connectivity index (χ0) is 20.3. The maximum Gasteiger partial charge on any atom is 0.311 e. The molecule has 1 atom stereocenters. The summed E-state index contributed by atoms with van der Waals surface area (Å²) in [6.07, 6.45) is -1.18. The number of hydrogen-bond acceptors (Lipinski definition) is 7. The van der Waals surface area contributed by atoms with E-state index in [2.05, 4.69) is 15.6 Å². The average Bonchev–Trinajstić information content (AvgIpc) is 2.61. The standard InChI is InChI=1S/C19H24FN5O3/c1-19(2,3)23-17-9-8-15(25(26)27)18(22-17)21-13-4-6-14(7-5-13)24-10-11-28-12-16(24)20/h4-9,16H,10-12H2,1-3H3,(H2,21,22,23). The van der Waals surface area contributed by atoms with Gasteiger partial charge in [-0.1, -0.05) is 0 Å². The lowest BCUT2D eigenvalue weighted by atomic mass is 10.1. The van der Waals surface area contributed by atoms with Gasteiger partial charge in [0.25, 0.3) is 0 Å². The Bertz CT molecular complexity index is 838. The normalized spacial score (nSPS) is 17.3. The molecule has 1 unspecified atom stereocenters. The smallest absolute Gasteiger partial charge is 0.311 e. The van der Waals surface area contributed by atoms with E-state index in [-0.39, 0.29) is 23.7 Å². The summed E-state index contributed by atoms with van der Waals surface area (Å²) >= 11 is 0. The number of nitro groups is 1. The second-order valence-electron chi connectivity index (χ2n) is 7.57. The quantitative estimate of drug-likeness (QED) is 0.452. The Kier molecular flexibility index (Phi) is 5.64. The maximum absolute atomic E-state index is 14.0. The Labute approximate surface area is 162 Å². The first-order valence-electron chi connectivity index (χ1n) is 9.02. The van der Waals surface area contributed by atoms with Crippen molar-refractivity contribution in [2.75, 3.05) is 35.3 Å². The molecule has 8 nitrogen and oxygen atoms in total. The molecule has 0 spiro atoms. The van der Waals surface area contributed by atoms with Gasteiger partial charge in [0.1, 0.15) is 5.82 Å². The first-order valence-corrected chi connectivity index (χ1v) is 9.02. The number of halogens is 1. The minimum Gasteiger partial charge on any atom is -0.375 e. The number of anilines is 4. The Morgan fingerprint density at radius 3 is 2.57 bits per heavy atom. The fraction of sp³-hybridized carbons (Fsp3) is 0.421. The lowest BCUT2D eigenvalue weighted by Gasteiger charge is -2.32. The molecular formula is C19H24FN5O3. The van der Waals surface area contributed by atoms with Crippen LogP contribution in [0.1, 0.15) is 20.8 Å². The van der Waals surface area contributed by atoms with E-state index in [1.807, 2.05) is 20.8 Å². The summed E-state index contributed by atoms with van der Waals surface area (Å²) in [5.74, 6) is 0.674. The largest absolute Gasteiger partial charge is 0.375 e. The minimum atomic E-state index is -1.18. The third-order valence-electron chi connectivity index (χ3n) is 4.11. The second-order valence-corrected chi connectivity index (χ2v) is 7.57. The number of ether oxygens (including phenoxy) is 1. The molecular weight excluding hydrogens is 365 g/mol. The van der Waals surface area contributed by atoms with Crippen molar-refractivity contribution in [3.05, 3.63) is 46.5 Å². The van der Waals surface area contributed by atoms with E-state index in [0.717, 1.165) is 5.69 Å². The summed E-state index contributed by atoms with van der Waals surface area (Å²) in [7, 11) is 0. The minimum absolute atomic E-state index is 0.0453. The van der Waals surface area contributed by atoms with Gasteiger partial charge in [0.2, 0.25) is 5.82 Å². The highest BCUT2D eigenvalue weighted by molar-refractivity contribution is 5.69. The molecule has 2 N–H and O–H groups in total. The number of hydrogen-bond donors (Lipinski definition) is 2. The van der Waals surface area contributed by atoms with Crippen LogP contribution in [0.4, 0.5) is 33.1 Å². The topological polar surface area (TPSA) is 92.6 Å². The molecule has 28 heavy (non-hydrogen) atoms. The summed E-state index contributed by atoms with van der Waals surface area (Å²) < 4.78 is 19.1. The molecule has 0 aliphatic carbocycles. The molecule has 1 aromatic heterocycles. The Hall–Kier alpha value is -2.94. The summed E-state index contributed by atoms with van der Waals surface area (Å²) in [4.78, 5) is 16.8. The molecule has 1 aliphatic heterocycles. The Balaban J connectivity index is 1.81. The maximum atomic E-state index is 14.0. The van der Waals surface area contributed by atoms with E-state index in [4.69, 9.17) is 4.74 Å². The van der Waals surface area contributed by atoms with E-state index in [1.54, 1.807) is 35.2 Å². The first kappa shape index (κ1) is 19.8. The summed E-state index contributed by atoms with van der Waals surface area (Å²) in [5.41, 5.74) is 0.992. The molecule has 1 aliphatic rings. The van der Waals surface area contributed by atoms with Crippen LogP contribution >= 0.6 is 0 Å². The molecule has 1 saturated heterocycles. The molecule has 9 heteroatoms. The predicted octanol–water partition coefficient (Wildman–Crippen LogP) is 4.08. The van der Waals surface area contributed by atoms with Gasteiger partial charge in [-0.15, -0.1) is 0 Å². The van der Waals surface area contributed by atoms with Gasteiger partial charge in [0, 0.05) is 29.5 Å². The number of pyridine rings is 1. The molecule has 2 aromatic rings. The molecule has 0 bridgehead atoms. The highest BCUT2D eigenvalue weighted by Gasteiger charge is 2.23. The molecule has 2 heterocycles. The van der Waals surface area contributed by atoms with Crippen molar-refractivity contribution in [2.45, 2.75) is 32.6 Å². The van der Waals surface area contributed by atoms with Crippen molar-refractivity contribution >= 4 is 28.7 Å². The van der Waals surface area contributed by atoms with Crippen LogP contribution in [0.15, 0.2) is 36.4 Å².